The minimum Gasteiger partial charge on any atom is -0.758 e. The molecular weight excluding hydrogens is 260 g/mol. The summed E-state index contributed by atoms with van der Waals surface area (Å²) in [4.78, 5) is 3.98. The molecule has 2 N–H and O–H groups in total. The number of hydroxylamine groups is 1. The number of rotatable bonds is 3. The zero-order chi connectivity index (χ0) is 14.9. The maximum Gasteiger partial charge on any atom is 0.106 e. The Morgan fingerprint density at radius 3 is 2.70 bits per heavy atom. The van der Waals surface area contributed by atoms with Crippen molar-refractivity contribution in [1.29, 1.82) is 0 Å². The number of pyridine rings is 1. The van der Waals surface area contributed by atoms with Crippen LogP contribution in [0, 0.1) is 11.1 Å². The molecule has 1 aromatic heterocycles. The van der Waals surface area contributed by atoms with E-state index in [-0.39, 0.29) is 5.92 Å². The summed E-state index contributed by atoms with van der Waals surface area (Å²) < 4.78 is 5.80. The van der Waals surface area contributed by atoms with Gasteiger partial charge >= 0.3 is 0 Å². The van der Waals surface area contributed by atoms with Crippen LogP contribution in [0.25, 0.3) is 0 Å². The van der Waals surface area contributed by atoms with Gasteiger partial charge in [0.25, 0.3) is 0 Å². The van der Waals surface area contributed by atoms with Gasteiger partial charge in [0.05, 0.1) is 24.0 Å². The Kier molecular flexibility index (Phi) is 4.59. The highest BCUT2D eigenvalue weighted by atomic mass is 16.5. The van der Waals surface area contributed by atoms with Crippen molar-refractivity contribution >= 4 is 5.69 Å². The van der Waals surface area contributed by atoms with Gasteiger partial charge in [-0.1, -0.05) is 6.92 Å². The number of hydrogen-bond donors (Lipinski definition) is 2. The molecule has 2 rings (SSSR count). The van der Waals surface area contributed by atoms with E-state index in [0.717, 1.165) is 5.06 Å². The van der Waals surface area contributed by atoms with Crippen molar-refractivity contribution in [3.63, 3.8) is 0 Å². The van der Waals surface area contributed by atoms with Gasteiger partial charge < -0.3 is 25.2 Å². The standard InChI is InChI=1S/C14H21N2O4/c1-4-16(19)11-7-15-6-5-10(11)14-8(2)12(17)13(18)9(3)20-14/h5-9,12-14,17-18H,4H2,1-3H3/q-1/t8-,9+,12+,13-,14+/m0/s1. The fourth-order valence-corrected chi connectivity index (χ4v) is 2.58. The first-order chi connectivity index (χ1) is 9.47. The molecule has 0 unspecified atom stereocenters. The molecule has 0 saturated carbocycles. The fraction of sp³-hybridized carbons (Fsp3) is 0.643. The number of aliphatic hydroxyl groups is 2. The van der Waals surface area contributed by atoms with Gasteiger partial charge in [-0.05, 0) is 19.9 Å². The van der Waals surface area contributed by atoms with E-state index in [0.29, 0.717) is 17.8 Å². The molecule has 1 aliphatic rings. The van der Waals surface area contributed by atoms with Crippen molar-refractivity contribution < 1.29 is 14.9 Å². The van der Waals surface area contributed by atoms with E-state index in [1.165, 1.54) is 6.20 Å². The molecule has 5 atom stereocenters. The van der Waals surface area contributed by atoms with E-state index in [1.54, 1.807) is 33.0 Å². The van der Waals surface area contributed by atoms with Gasteiger partial charge in [-0.2, -0.15) is 0 Å². The van der Waals surface area contributed by atoms with Crippen LogP contribution in [0.4, 0.5) is 5.69 Å². The van der Waals surface area contributed by atoms with Crippen LogP contribution in [0.15, 0.2) is 18.5 Å². The highest BCUT2D eigenvalue weighted by Crippen LogP contribution is 2.39. The number of nitrogens with zero attached hydrogens (tertiary/aromatic N) is 2. The van der Waals surface area contributed by atoms with Gasteiger partial charge in [0, 0.05) is 30.4 Å². The van der Waals surface area contributed by atoms with E-state index in [2.05, 4.69) is 4.98 Å². The minimum absolute atomic E-state index is 0.306. The van der Waals surface area contributed by atoms with Gasteiger partial charge in [-0.25, -0.2) is 0 Å². The lowest BCUT2D eigenvalue weighted by molar-refractivity contribution is -0.192. The molecule has 1 aliphatic heterocycles. The van der Waals surface area contributed by atoms with Crippen molar-refractivity contribution in [2.75, 3.05) is 11.6 Å². The van der Waals surface area contributed by atoms with E-state index in [1.807, 2.05) is 0 Å². The monoisotopic (exact) mass is 281 g/mol. The van der Waals surface area contributed by atoms with Crippen LogP contribution in [0.5, 0.6) is 0 Å². The number of aliphatic hydroxyl groups excluding tert-OH is 2. The van der Waals surface area contributed by atoms with Crippen molar-refractivity contribution in [3.05, 3.63) is 29.2 Å². The largest absolute Gasteiger partial charge is 0.758 e. The molecule has 6 nitrogen and oxygen atoms in total. The quantitative estimate of drug-likeness (QED) is 0.810. The summed E-state index contributed by atoms with van der Waals surface area (Å²) in [6.07, 6.45) is 0.371. The van der Waals surface area contributed by atoms with Crippen LogP contribution in [0.1, 0.15) is 32.4 Å². The Morgan fingerprint density at radius 1 is 1.35 bits per heavy atom. The fourth-order valence-electron chi connectivity index (χ4n) is 2.58. The summed E-state index contributed by atoms with van der Waals surface area (Å²) in [5, 5.41) is 32.7. The molecule has 112 valence electrons. The first-order valence-corrected chi connectivity index (χ1v) is 6.87. The van der Waals surface area contributed by atoms with Gasteiger partial charge in [-0.3, -0.25) is 4.98 Å². The molecule has 1 aromatic rings. The summed E-state index contributed by atoms with van der Waals surface area (Å²) in [6, 6.07) is 1.73. The average molecular weight is 281 g/mol. The molecule has 0 bridgehead atoms. The smallest absolute Gasteiger partial charge is 0.106 e. The van der Waals surface area contributed by atoms with E-state index < -0.39 is 24.4 Å². The molecular formula is C14H21N2O4-. The lowest BCUT2D eigenvalue weighted by Gasteiger charge is -2.42. The average Bonchev–Trinajstić information content (AvgIpc) is 2.48. The lowest BCUT2D eigenvalue weighted by Crippen LogP contribution is -2.49. The molecule has 20 heavy (non-hydrogen) atoms. The Hall–Kier alpha value is -1.21. The van der Waals surface area contributed by atoms with Crippen LogP contribution in [0.2, 0.25) is 0 Å². The first kappa shape index (κ1) is 15.2. The lowest BCUT2D eigenvalue weighted by atomic mass is 9.85. The van der Waals surface area contributed by atoms with Crippen LogP contribution in [-0.4, -0.2) is 40.1 Å². The predicted octanol–water partition coefficient (Wildman–Crippen LogP) is 1.22. The SMILES string of the molecule is CCN([O-])c1cnccc1[C@@H]1O[C@H](C)[C@H](O)[C@H](O)[C@@H]1C. The molecule has 6 heteroatoms. The molecule has 0 radical (unpaired) electrons. The highest BCUT2D eigenvalue weighted by molar-refractivity contribution is 5.53. The molecule has 1 saturated heterocycles. The number of anilines is 1. The Morgan fingerprint density at radius 2 is 2.05 bits per heavy atom. The molecule has 0 aliphatic carbocycles. The van der Waals surface area contributed by atoms with Gasteiger partial charge in [0.2, 0.25) is 0 Å². The van der Waals surface area contributed by atoms with E-state index in [4.69, 9.17) is 4.74 Å². The Bertz CT molecular complexity index is 457. The number of ether oxygens (including phenoxy) is 1. The highest BCUT2D eigenvalue weighted by Gasteiger charge is 2.41. The second-order valence-corrected chi connectivity index (χ2v) is 5.23. The van der Waals surface area contributed by atoms with Gasteiger partial charge in [0.15, 0.2) is 0 Å². The third-order valence-electron chi connectivity index (χ3n) is 3.90. The summed E-state index contributed by atoms with van der Waals surface area (Å²) >= 11 is 0. The summed E-state index contributed by atoms with van der Waals surface area (Å²) in [6.45, 7) is 5.58. The Balaban J connectivity index is 2.36. The third-order valence-corrected chi connectivity index (χ3v) is 3.90. The van der Waals surface area contributed by atoms with Crippen molar-refractivity contribution in [1.82, 2.24) is 4.98 Å². The zero-order valence-electron chi connectivity index (χ0n) is 11.9. The van der Waals surface area contributed by atoms with Crippen LogP contribution in [0.3, 0.4) is 0 Å². The van der Waals surface area contributed by atoms with E-state index in [9.17, 15) is 15.4 Å². The zero-order valence-corrected chi connectivity index (χ0v) is 11.9. The summed E-state index contributed by atoms with van der Waals surface area (Å²) in [7, 11) is 0. The summed E-state index contributed by atoms with van der Waals surface area (Å²) in [5.41, 5.74) is 1.14. The molecule has 0 aromatic carbocycles. The molecule has 0 spiro atoms. The summed E-state index contributed by atoms with van der Waals surface area (Å²) in [5.74, 6) is -0.312. The topological polar surface area (TPSA) is 88.9 Å². The van der Waals surface area contributed by atoms with Crippen LogP contribution < -0.4 is 5.06 Å². The second kappa shape index (κ2) is 6.05. The number of aromatic nitrogens is 1. The van der Waals surface area contributed by atoms with Crippen molar-refractivity contribution in [2.45, 2.75) is 45.2 Å². The molecule has 2 heterocycles. The van der Waals surface area contributed by atoms with E-state index >= 15 is 0 Å². The normalized spacial score (nSPS) is 34.0. The van der Waals surface area contributed by atoms with Crippen LogP contribution >= 0.6 is 0 Å². The van der Waals surface area contributed by atoms with Crippen molar-refractivity contribution in [2.24, 2.45) is 5.92 Å². The number of hydrogen-bond acceptors (Lipinski definition) is 6. The first-order valence-electron chi connectivity index (χ1n) is 6.87. The van der Waals surface area contributed by atoms with Gasteiger partial charge in [0.1, 0.15) is 6.10 Å². The van der Waals surface area contributed by atoms with Crippen molar-refractivity contribution in [3.8, 4) is 0 Å². The predicted molar refractivity (Wildman–Crippen MR) is 75.1 cm³/mol. The third kappa shape index (κ3) is 2.64. The second-order valence-electron chi connectivity index (χ2n) is 5.23. The maximum atomic E-state index is 11.9. The molecule has 1 fully saturated rings. The minimum atomic E-state index is -0.916. The Labute approximate surface area is 118 Å². The van der Waals surface area contributed by atoms with Crippen LogP contribution in [-0.2, 0) is 4.74 Å². The maximum absolute atomic E-state index is 11.9. The molecule has 0 amide bonds. The van der Waals surface area contributed by atoms with Gasteiger partial charge in [-0.15, -0.1) is 0 Å².